The molecule has 2 unspecified atom stereocenters. The smallest absolute Gasteiger partial charge is 0.0677 e. The van der Waals surface area contributed by atoms with E-state index in [-0.39, 0.29) is 12.1 Å². The lowest BCUT2D eigenvalue weighted by molar-refractivity contribution is -0.0196. The van der Waals surface area contributed by atoms with E-state index in [1.165, 1.54) is 0 Å². The molecule has 0 amide bonds. The minimum Gasteiger partial charge on any atom is -0.378 e. The lowest BCUT2D eigenvalue weighted by Crippen LogP contribution is -2.60. The summed E-state index contributed by atoms with van der Waals surface area (Å²) in [5.74, 6) is 0.333. The van der Waals surface area contributed by atoms with Crippen LogP contribution in [0.4, 0.5) is 5.69 Å². The van der Waals surface area contributed by atoms with E-state index >= 15 is 0 Å². The normalized spacial score (nSPS) is 37.9. The topological polar surface area (TPSA) is 73.6 Å². The molecule has 0 saturated carbocycles. The van der Waals surface area contributed by atoms with E-state index in [0.29, 0.717) is 5.92 Å². The van der Waals surface area contributed by atoms with E-state index in [1.54, 1.807) is 6.21 Å². The summed E-state index contributed by atoms with van der Waals surface area (Å²) in [6.45, 7) is 2.86. The van der Waals surface area contributed by atoms with Gasteiger partial charge in [-0.2, -0.15) is 0 Å². The number of rotatable bonds is 1. The highest BCUT2D eigenvalue weighted by Crippen LogP contribution is 2.43. The highest BCUT2D eigenvalue weighted by Gasteiger charge is 2.45. The standard InChI is InChI=1S/C15H21N3O/c1-10-8-11(6-7-19-10)15(17)12-4-2-3-5-13(12)18-9-14(15)16/h2-5,9-11,14H,6-8,16-17H2,1H3/t10-,11-,14?,15?/m1/s1. The fraction of sp³-hybridized carbons (Fsp3) is 0.533. The zero-order valence-electron chi connectivity index (χ0n) is 11.3. The first-order chi connectivity index (χ1) is 9.12. The van der Waals surface area contributed by atoms with Crippen LogP contribution >= 0.6 is 0 Å². The molecule has 0 aliphatic carbocycles. The molecule has 4 atom stereocenters. The third kappa shape index (κ3) is 2.00. The number of aliphatic imine (C=N–C) groups is 1. The maximum absolute atomic E-state index is 6.78. The summed E-state index contributed by atoms with van der Waals surface area (Å²) in [5.41, 5.74) is 14.6. The van der Waals surface area contributed by atoms with Crippen LogP contribution in [-0.4, -0.2) is 25.0 Å². The minimum atomic E-state index is -0.531. The van der Waals surface area contributed by atoms with Gasteiger partial charge in [0.25, 0.3) is 0 Å². The first-order valence-electron chi connectivity index (χ1n) is 6.92. The van der Waals surface area contributed by atoms with E-state index in [0.717, 1.165) is 30.7 Å². The van der Waals surface area contributed by atoms with E-state index in [4.69, 9.17) is 16.2 Å². The van der Waals surface area contributed by atoms with Crippen molar-refractivity contribution in [2.75, 3.05) is 6.61 Å². The fourth-order valence-corrected chi connectivity index (χ4v) is 3.34. The molecule has 19 heavy (non-hydrogen) atoms. The molecule has 0 bridgehead atoms. The van der Waals surface area contributed by atoms with Gasteiger partial charge in [-0.1, -0.05) is 18.2 Å². The molecule has 0 spiro atoms. The first kappa shape index (κ1) is 12.8. The van der Waals surface area contributed by atoms with Gasteiger partial charge in [0.15, 0.2) is 0 Å². The Balaban J connectivity index is 2.03. The van der Waals surface area contributed by atoms with Crippen molar-refractivity contribution in [2.24, 2.45) is 22.4 Å². The third-order valence-corrected chi connectivity index (χ3v) is 4.46. The summed E-state index contributed by atoms with van der Waals surface area (Å²) in [6.07, 6.45) is 3.95. The maximum Gasteiger partial charge on any atom is 0.0677 e. The SMILES string of the molecule is C[C@@H]1C[C@H](C2(N)c3ccccc3N=CC2N)CCO1. The Morgan fingerprint density at radius 2 is 2.16 bits per heavy atom. The number of fused-ring (bicyclic) bond motifs is 1. The Morgan fingerprint density at radius 3 is 2.95 bits per heavy atom. The van der Waals surface area contributed by atoms with Crippen molar-refractivity contribution in [3.8, 4) is 0 Å². The van der Waals surface area contributed by atoms with Crippen LogP contribution < -0.4 is 11.5 Å². The van der Waals surface area contributed by atoms with Crippen molar-refractivity contribution in [1.29, 1.82) is 0 Å². The van der Waals surface area contributed by atoms with Gasteiger partial charge in [-0.15, -0.1) is 0 Å². The van der Waals surface area contributed by atoms with Crippen molar-refractivity contribution in [2.45, 2.75) is 37.5 Å². The van der Waals surface area contributed by atoms with Gasteiger partial charge in [0.2, 0.25) is 0 Å². The van der Waals surface area contributed by atoms with Crippen LogP contribution in [0.2, 0.25) is 0 Å². The molecule has 1 fully saturated rings. The Labute approximate surface area is 113 Å². The number of benzene rings is 1. The van der Waals surface area contributed by atoms with E-state index in [9.17, 15) is 0 Å². The van der Waals surface area contributed by atoms with Crippen molar-refractivity contribution in [3.63, 3.8) is 0 Å². The van der Waals surface area contributed by atoms with Gasteiger partial charge in [0.05, 0.1) is 23.4 Å². The molecule has 4 heteroatoms. The van der Waals surface area contributed by atoms with Gasteiger partial charge >= 0.3 is 0 Å². The molecule has 2 aliphatic heterocycles. The Bertz CT molecular complexity index is 502. The average Bonchev–Trinajstić information content (AvgIpc) is 2.43. The lowest BCUT2D eigenvalue weighted by Gasteiger charge is -2.46. The summed E-state index contributed by atoms with van der Waals surface area (Å²) in [7, 11) is 0. The van der Waals surface area contributed by atoms with Crippen LogP contribution in [-0.2, 0) is 10.3 Å². The third-order valence-electron chi connectivity index (χ3n) is 4.46. The second kappa shape index (κ2) is 4.71. The number of ether oxygens (including phenoxy) is 1. The second-order valence-corrected chi connectivity index (χ2v) is 5.66. The van der Waals surface area contributed by atoms with Crippen LogP contribution in [0, 0.1) is 5.92 Å². The molecule has 3 rings (SSSR count). The van der Waals surface area contributed by atoms with Gasteiger partial charge in [-0.05, 0) is 37.3 Å². The van der Waals surface area contributed by atoms with Gasteiger partial charge in [-0.3, -0.25) is 4.99 Å². The molecule has 2 aliphatic rings. The summed E-state index contributed by atoms with van der Waals surface area (Å²) >= 11 is 0. The van der Waals surface area contributed by atoms with Crippen molar-refractivity contribution in [3.05, 3.63) is 29.8 Å². The number of hydrogen-bond donors (Lipinski definition) is 2. The highest BCUT2D eigenvalue weighted by molar-refractivity contribution is 5.77. The predicted molar refractivity (Wildman–Crippen MR) is 76.6 cm³/mol. The summed E-state index contributed by atoms with van der Waals surface area (Å²) < 4.78 is 5.64. The summed E-state index contributed by atoms with van der Waals surface area (Å²) in [4.78, 5) is 4.42. The molecule has 0 aromatic heterocycles. The highest BCUT2D eigenvalue weighted by atomic mass is 16.5. The average molecular weight is 259 g/mol. The van der Waals surface area contributed by atoms with Crippen molar-refractivity contribution >= 4 is 11.9 Å². The van der Waals surface area contributed by atoms with E-state index in [2.05, 4.69) is 18.0 Å². The van der Waals surface area contributed by atoms with Gasteiger partial charge in [0, 0.05) is 12.8 Å². The zero-order valence-corrected chi connectivity index (χ0v) is 11.3. The Hall–Kier alpha value is -1.23. The second-order valence-electron chi connectivity index (χ2n) is 5.66. The first-order valence-corrected chi connectivity index (χ1v) is 6.92. The summed E-state index contributed by atoms with van der Waals surface area (Å²) in [5, 5.41) is 0. The Morgan fingerprint density at radius 1 is 1.37 bits per heavy atom. The Kier molecular flexibility index (Phi) is 3.17. The molecule has 4 N–H and O–H groups in total. The fourth-order valence-electron chi connectivity index (χ4n) is 3.34. The maximum atomic E-state index is 6.78. The number of nitrogens with zero attached hydrogens (tertiary/aromatic N) is 1. The molecule has 102 valence electrons. The van der Waals surface area contributed by atoms with Gasteiger partial charge in [0.1, 0.15) is 0 Å². The van der Waals surface area contributed by atoms with E-state index in [1.807, 2.05) is 18.2 Å². The molecule has 1 aromatic rings. The largest absolute Gasteiger partial charge is 0.378 e. The molecule has 1 aromatic carbocycles. The van der Waals surface area contributed by atoms with Crippen LogP contribution in [0.1, 0.15) is 25.3 Å². The van der Waals surface area contributed by atoms with Crippen molar-refractivity contribution < 1.29 is 4.74 Å². The van der Waals surface area contributed by atoms with Crippen LogP contribution in [0.25, 0.3) is 0 Å². The zero-order chi connectivity index (χ0) is 13.5. The van der Waals surface area contributed by atoms with Crippen LogP contribution in [0.5, 0.6) is 0 Å². The molecule has 2 heterocycles. The number of para-hydroxylation sites is 1. The minimum absolute atomic E-state index is 0.238. The summed E-state index contributed by atoms with van der Waals surface area (Å²) in [6, 6.07) is 7.82. The number of hydrogen-bond acceptors (Lipinski definition) is 4. The monoisotopic (exact) mass is 259 g/mol. The molecule has 4 nitrogen and oxygen atoms in total. The predicted octanol–water partition coefficient (Wildman–Crippen LogP) is 1.70. The van der Waals surface area contributed by atoms with Crippen LogP contribution in [0.3, 0.4) is 0 Å². The van der Waals surface area contributed by atoms with Crippen LogP contribution in [0.15, 0.2) is 29.3 Å². The van der Waals surface area contributed by atoms with Crippen molar-refractivity contribution in [1.82, 2.24) is 0 Å². The van der Waals surface area contributed by atoms with Gasteiger partial charge in [-0.25, -0.2) is 0 Å². The molecule has 1 saturated heterocycles. The quantitative estimate of drug-likeness (QED) is 0.806. The van der Waals surface area contributed by atoms with E-state index < -0.39 is 5.54 Å². The van der Waals surface area contributed by atoms with Gasteiger partial charge < -0.3 is 16.2 Å². The molecular weight excluding hydrogens is 238 g/mol. The number of nitrogens with two attached hydrogens (primary N) is 2. The lowest BCUT2D eigenvalue weighted by atomic mass is 9.68. The molecular formula is C15H21N3O. The molecule has 0 radical (unpaired) electrons.